The van der Waals surface area contributed by atoms with Gasteiger partial charge in [0.15, 0.2) is 0 Å². The summed E-state index contributed by atoms with van der Waals surface area (Å²) in [7, 11) is 4.04. The van der Waals surface area contributed by atoms with Crippen LogP contribution in [0.4, 0.5) is 10.1 Å². The maximum Gasteiger partial charge on any atom is 0.123 e. The molecule has 2 nitrogen and oxygen atoms in total. The van der Waals surface area contributed by atoms with Crippen LogP contribution in [0.1, 0.15) is 0 Å². The summed E-state index contributed by atoms with van der Waals surface area (Å²) in [6.45, 7) is 1.84. The van der Waals surface area contributed by atoms with E-state index in [0.717, 1.165) is 18.8 Å². The third-order valence-electron chi connectivity index (χ3n) is 1.73. The van der Waals surface area contributed by atoms with E-state index >= 15 is 0 Å². The molecule has 0 bridgehead atoms. The van der Waals surface area contributed by atoms with Gasteiger partial charge < -0.3 is 10.2 Å². The summed E-state index contributed by atoms with van der Waals surface area (Å²) >= 11 is 0. The molecule has 1 aromatic rings. The monoisotopic (exact) mass is 182 g/mol. The van der Waals surface area contributed by atoms with Gasteiger partial charge in [0.2, 0.25) is 0 Å². The van der Waals surface area contributed by atoms with Gasteiger partial charge in [-0.25, -0.2) is 4.39 Å². The predicted octanol–water partition coefficient (Wildman–Crippen LogP) is 1.80. The number of halogens is 1. The Labute approximate surface area is 78.4 Å². The van der Waals surface area contributed by atoms with Crippen LogP contribution in [-0.2, 0) is 0 Å². The van der Waals surface area contributed by atoms with Crippen molar-refractivity contribution in [2.75, 3.05) is 32.5 Å². The summed E-state index contributed by atoms with van der Waals surface area (Å²) in [5.41, 5.74) is 0.961. The van der Waals surface area contributed by atoms with E-state index in [1.165, 1.54) is 12.1 Å². The third-order valence-corrected chi connectivity index (χ3v) is 1.73. The molecule has 0 aromatic heterocycles. The van der Waals surface area contributed by atoms with E-state index in [2.05, 4.69) is 10.2 Å². The Morgan fingerprint density at radius 1 is 1.23 bits per heavy atom. The summed E-state index contributed by atoms with van der Waals surface area (Å²) in [6.07, 6.45) is 0. The first-order chi connectivity index (χ1) is 6.18. The molecule has 72 valence electrons. The average Bonchev–Trinajstić information content (AvgIpc) is 2.08. The van der Waals surface area contributed by atoms with Crippen LogP contribution >= 0.6 is 0 Å². The van der Waals surface area contributed by atoms with Crippen LogP contribution in [0.25, 0.3) is 0 Å². The smallest absolute Gasteiger partial charge is 0.123 e. The molecule has 0 heterocycles. The van der Waals surface area contributed by atoms with Gasteiger partial charge in [-0.15, -0.1) is 0 Å². The molecule has 0 aliphatic heterocycles. The van der Waals surface area contributed by atoms with Crippen molar-refractivity contribution >= 4 is 5.69 Å². The topological polar surface area (TPSA) is 15.3 Å². The van der Waals surface area contributed by atoms with Gasteiger partial charge in [-0.05, 0) is 38.4 Å². The number of nitrogens with one attached hydrogen (secondary N) is 1. The largest absolute Gasteiger partial charge is 0.384 e. The van der Waals surface area contributed by atoms with E-state index in [9.17, 15) is 4.39 Å². The molecular formula is C10H15FN2. The maximum absolute atomic E-state index is 12.5. The van der Waals surface area contributed by atoms with Gasteiger partial charge in [0.05, 0.1) is 0 Å². The van der Waals surface area contributed by atoms with Crippen LogP contribution in [0.5, 0.6) is 0 Å². The minimum atomic E-state index is -0.196. The van der Waals surface area contributed by atoms with E-state index in [4.69, 9.17) is 0 Å². The van der Waals surface area contributed by atoms with Gasteiger partial charge in [0.25, 0.3) is 0 Å². The minimum absolute atomic E-state index is 0.196. The minimum Gasteiger partial charge on any atom is -0.384 e. The molecule has 1 aromatic carbocycles. The fraction of sp³-hybridized carbons (Fsp3) is 0.400. The second-order valence-corrected chi connectivity index (χ2v) is 3.24. The zero-order valence-corrected chi connectivity index (χ0v) is 8.05. The Kier molecular flexibility index (Phi) is 3.71. The van der Waals surface area contributed by atoms with Crippen LogP contribution in [0.15, 0.2) is 24.3 Å². The van der Waals surface area contributed by atoms with Crippen molar-refractivity contribution in [2.24, 2.45) is 0 Å². The van der Waals surface area contributed by atoms with Crippen molar-refractivity contribution in [3.63, 3.8) is 0 Å². The molecule has 0 aliphatic carbocycles. The quantitative estimate of drug-likeness (QED) is 0.763. The number of anilines is 1. The fourth-order valence-corrected chi connectivity index (χ4v) is 0.992. The van der Waals surface area contributed by atoms with E-state index in [1.807, 2.05) is 14.1 Å². The second kappa shape index (κ2) is 4.82. The van der Waals surface area contributed by atoms with Crippen molar-refractivity contribution in [3.05, 3.63) is 30.1 Å². The van der Waals surface area contributed by atoms with Crippen LogP contribution in [0.3, 0.4) is 0 Å². The lowest BCUT2D eigenvalue weighted by Gasteiger charge is -2.10. The normalized spacial score (nSPS) is 10.5. The Bertz CT molecular complexity index is 244. The number of likely N-dealkylation sites (N-methyl/N-ethyl adjacent to an activating group) is 1. The van der Waals surface area contributed by atoms with Crippen molar-refractivity contribution < 1.29 is 4.39 Å². The molecule has 0 amide bonds. The highest BCUT2D eigenvalue weighted by atomic mass is 19.1. The zero-order chi connectivity index (χ0) is 9.68. The number of hydrogen-bond donors (Lipinski definition) is 1. The lowest BCUT2D eigenvalue weighted by Crippen LogP contribution is -2.20. The Hall–Kier alpha value is -1.09. The van der Waals surface area contributed by atoms with Crippen LogP contribution < -0.4 is 5.32 Å². The summed E-state index contributed by atoms with van der Waals surface area (Å²) in [5, 5.41) is 3.19. The highest BCUT2D eigenvalue weighted by molar-refractivity contribution is 5.42. The molecule has 13 heavy (non-hydrogen) atoms. The number of nitrogens with zero attached hydrogens (tertiary/aromatic N) is 1. The molecule has 1 rings (SSSR count). The van der Waals surface area contributed by atoms with E-state index in [-0.39, 0.29) is 5.82 Å². The SMILES string of the molecule is CN(C)CCNc1ccc(F)cc1. The molecule has 0 atom stereocenters. The highest BCUT2D eigenvalue weighted by Gasteiger charge is 1.93. The van der Waals surface area contributed by atoms with Gasteiger partial charge in [0, 0.05) is 18.8 Å². The molecule has 0 saturated heterocycles. The van der Waals surface area contributed by atoms with Crippen molar-refractivity contribution in [1.29, 1.82) is 0 Å². The average molecular weight is 182 g/mol. The van der Waals surface area contributed by atoms with Crippen molar-refractivity contribution in [1.82, 2.24) is 4.90 Å². The van der Waals surface area contributed by atoms with E-state index in [0.29, 0.717) is 0 Å². The molecule has 0 fully saturated rings. The van der Waals surface area contributed by atoms with Gasteiger partial charge in [-0.3, -0.25) is 0 Å². The molecule has 1 N–H and O–H groups in total. The second-order valence-electron chi connectivity index (χ2n) is 3.24. The molecular weight excluding hydrogens is 167 g/mol. The Morgan fingerprint density at radius 2 is 1.85 bits per heavy atom. The number of hydrogen-bond acceptors (Lipinski definition) is 2. The molecule has 0 saturated carbocycles. The summed E-state index contributed by atoms with van der Waals surface area (Å²) < 4.78 is 12.5. The Balaban J connectivity index is 2.33. The van der Waals surface area contributed by atoms with Crippen molar-refractivity contribution in [3.8, 4) is 0 Å². The molecule has 0 aliphatic rings. The van der Waals surface area contributed by atoms with Gasteiger partial charge in [0.1, 0.15) is 5.82 Å². The van der Waals surface area contributed by atoms with Crippen LogP contribution in [0.2, 0.25) is 0 Å². The van der Waals surface area contributed by atoms with Crippen LogP contribution in [-0.4, -0.2) is 32.1 Å². The third kappa shape index (κ3) is 3.90. The first-order valence-corrected chi connectivity index (χ1v) is 4.32. The molecule has 0 unspecified atom stereocenters. The summed E-state index contributed by atoms with van der Waals surface area (Å²) in [6, 6.07) is 6.39. The maximum atomic E-state index is 12.5. The zero-order valence-electron chi connectivity index (χ0n) is 8.05. The standard InChI is InChI=1S/C10H15FN2/c1-13(2)8-7-12-10-5-3-9(11)4-6-10/h3-6,12H,7-8H2,1-2H3. The fourth-order valence-electron chi connectivity index (χ4n) is 0.992. The van der Waals surface area contributed by atoms with E-state index in [1.54, 1.807) is 12.1 Å². The van der Waals surface area contributed by atoms with Gasteiger partial charge in [-0.2, -0.15) is 0 Å². The lowest BCUT2D eigenvalue weighted by atomic mass is 10.3. The first-order valence-electron chi connectivity index (χ1n) is 4.32. The van der Waals surface area contributed by atoms with E-state index < -0.39 is 0 Å². The molecule has 0 spiro atoms. The molecule has 3 heteroatoms. The number of benzene rings is 1. The predicted molar refractivity (Wildman–Crippen MR) is 53.4 cm³/mol. The molecule has 0 radical (unpaired) electrons. The first kappa shape index (κ1) is 9.99. The van der Waals surface area contributed by atoms with Crippen molar-refractivity contribution in [2.45, 2.75) is 0 Å². The Morgan fingerprint density at radius 3 is 2.38 bits per heavy atom. The van der Waals surface area contributed by atoms with Gasteiger partial charge >= 0.3 is 0 Å². The van der Waals surface area contributed by atoms with Gasteiger partial charge in [-0.1, -0.05) is 0 Å². The lowest BCUT2D eigenvalue weighted by molar-refractivity contribution is 0.425. The highest BCUT2D eigenvalue weighted by Crippen LogP contribution is 2.07. The number of rotatable bonds is 4. The summed E-state index contributed by atoms with van der Waals surface area (Å²) in [4.78, 5) is 2.09. The summed E-state index contributed by atoms with van der Waals surface area (Å²) in [5.74, 6) is -0.196. The van der Waals surface area contributed by atoms with Crippen LogP contribution in [0, 0.1) is 5.82 Å².